The first-order valence-corrected chi connectivity index (χ1v) is 9.43. The van der Waals surface area contributed by atoms with Gasteiger partial charge in [-0.25, -0.2) is 4.72 Å². The fourth-order valence-corrected chi connectivity index (χ4v) is 2.78. The molecular formula is C18H30N2O2S. The van der Waals surface area contributed by atoms with Gasteiger partial charge in [-0.1, -0.05) is 44.7 Å². The quantitative estimate of drug-likeness (QED) is 0.324. The molecule has 0 amide bonds. The smallest absolute Gasteiger partial charge is 0.320 e. The van der Waals surface area contributed by atoms with Gasteiger partial charge in [0, 0.05) is 11.4 Å². The molecule has 0 aliphatic rings. The van der Waals surface area contributed by atoms with Gasteiger partial charge in [-0.2, -0.15) is 0 Å². The maximum atomic E-state index is 11.2. The lowest BCUT2D eigenvalue weighted by molar-refractivity contribution is -0.141. The van der Waals surface area contributed by atoms with Gasteiger partial charge in [0.2, 0.25) is 0 Å². The van der Waals surface area contributed by atoms with Crippen LogP contribution in [0.3, 0.4) is 0 Å². The predicted octanol–water partition coefficient (Wildman–Crippen LogP) is 3.91. The summed E-state index contributed by atoms with van der Waals surface area (Å²) in [6.45, 7) is 6.69. The number of unbranched alkanes of at least 4 members (excludes halogenated alkanes) is 4. The van der Waals surface area contributed by atoms with E-state index in [0.29, 0.717) is 6.61 Å². The Bertz CT molecular complexity index is 424. The van der Waals surface area contributed by atoms with E-state index in [0.717, 1.165) is 18.0 Å². The first kappa shape index (κ1) is 20.0. The number of esters is 1. The molecule has 0 heterocycles. The van der Waals surface area contributed by atoms with Gasteiger partial charge in [0.1, 0.15) is 6.54 Å². The van der Waals surface area contributed by atoms with E-state index in [-0.39, 0.29) is 12.5 Å². The van der Waals surface area contributed by atoms with Gasteiger partial charge in [-0.3, -0.25) is 4.79 Å². The molecule has 2 N–H and O–H groups in total. The molecule has 0 saturated carbocycles. The van der Waals surface area contributed by atoms with Gasteiger partial charge in [0.15, 0.2) is 0 Å². The summed E-state index contributed by atoms with van der Waals surface area (Å²) < 4.78 is 7.87. The second-order valence-electron chi connectivity index (χ2n) is 5.46. The largest absolute Gasteiger partial charge is 0.465 e. The Balaban J connectivity index is 2.12. The van der Waals surface area contributed by atoms with Crippen LogP contribution in [0.2, 0.25) is 0 Å². The van der Waals surface area contributed by atoms with Crippen molar-refractivity contribution in [2.75, 3.05) is 19.7 Å². The van der Waals surface area contributed by atoms with E-state index in [4.69, 9.17) is 4.74 Å². The van der Waals surface area contributed by atoms with E-state index < -0.39 is 0 Å². The number of carbonyl (C=O) groups is 1. The van der Waals surface area contributed by atoms with Crippen LogP contribution in [0.5, 0.6) is 0 Å². The molecule has 23 heavy (non-hydrogen) atoms. The summed E-state index contributed by atoms with van der Waals surface area (Å²) in [4.78, 5) is 12.3. The van der Waals surface area contributed by atoms with Crippen molar-refractivity contribution < 1.29 is 9.53 Å². The molecule has 0 unspecified atom stereocenters. The maximum Gasteiger partial charge on any atom is 0.320 e. The molecule has 0 bridgehead atoms. The number of ether oxygens (including phenoxy) is 1. The third kappa shape index (κ3) is 10.4. The van der Waals surface area contributed by atoms with Crippen LogP contribution in [0.1, 0.15) is 51.5 Å². The molecule has 1 rings (SSSR count). The van der Waals surface area contributed by atoms with E-state index in [1.54, 1.807) is 0 Å². The lowest BCUT2D eigenvalue weighted by Gasteiger charge is -2.07. The summed E-state index contributed by atoms with van der Waals surface area (Å²) in [6, 6.07) is 8.39. The molecule has 0 spiro atoms. The summed E-state index contributed by atoms with van der Waals surface area (Å²) >= 11 is 1.45. The summed E-state index contributed by atoms with van der Waals surface area (Å²) in [5, 5.41) is 3.49. The summed E-state index contributed by atoms with van der Waals surface area (Å²) in [5.74, 6) is -0.222. The first-order chi connectivity index (χ1) is 11.3. The normalized spacial score (nSPS) is 10.7. The Labute approximate surface area is 144 Å². The Kier molecular flexibility index (Phi) is 11.7. The van der Waals surface area contributed by atoms with Crippen molar-refractivity contribution in [3.63, 3.8) is 0 Å². The predicted molar refractivity (Wildman–Crippen MR) is 97.4 cm³/mol. The van der Waals surface area contributed by atoms with Crippen molar-refractivity contribution in [3.05, 3.63) is 29.8 Å². The summed E-state index contributed by atoms with van der Waals surface area (Å²) in [6.07, 6.45) is 6.58. The molecule has 1 aromatic rings. The molecular weight excluding hydrogens is 308 g/mol. The zero-order valence-corrected chi connectivity index (χ0v) is 15.2. The minimum absolute atomic E-state index is 0.222. The van der Waals surface area contributed by atoms with Crippen molar-refractivity contribution in [3.8, 4) is 0 Å². The molecule has 0 aliphatic heterocycles. The number of hydrogen-bond acceptors (Lipinski definition) is 5. The number of nitrogens with one attached hydrogen (secondary N) is 2. The molecule has 0 aromatic heterocycles. The molecule has 0 saturated heterocycles. The van der Waals surface area contributed by atoms with Crippen molar-refractivity contribution in [2.24, 2.45) is 0 Å². The van der Waals surface area contributed by atoms with Gasteiger partial charge >= 0.3 is 5.97 Å². The average molecular weight is 339 g/mol. The number of carbonyl (C=O) groups excluding carboxylic acids is 1. The van der Waals surface area contributed by atoms with Gasteiger partial charge in [0.05, 0.1) is 6.61 Å². The van der Waals surface area contributed by atoms with Crippen molar-refractivity contribution in [1.29, 1.82) is 0 Å². The minimum atomic E-state index is -0.222. The molecule has 0 radical (unpaired) electrons. The second kappa shape index (κ2) is 13.4. The maximum absolute atomic E-state index is 11.2. The van der Waals surface area contributed by atoms with Crippen LogP contribution in [0.15, 0.2) is 29.2 Å². The Hall–Kier alpha value is -1.04. The monoisotopic (exact) mass is 338 g/mol. The fraction of sp³-hybridized carbons (Fsp3) is 0.611. The van der Waals surface area contributed by atoms with Crippen molar-refractivity contribution in [1.82, 2.24) is 10.0 Å². The number of rotatable bonds is 13. The number of benzene rings is 1. The van der Waals surface area contributed by atoms with Gasteiger partial charge < -0.3 is 10.1 Å². The fourth-order valence-electron chi connectivity index (χ4n) is 2.15. The molecule has 0 aliphatic carbocycles. The average Bonchev–Trinajstić information content (AvgIpc) is 2.56. The molecule has 0 fully saturated rings. The molecule has 4 nitrogen and oxygen atoms in total. The summed E-state index contributed by atoms with van der Waals surface area (Å²) in [5.41, 5.74) is 1.29. The first-order valence-electron chi connectivity index (χ1n) is 8.61. The van der Waals surface area contributed by atoms with Crippen molar-refractivity contribution in [2.45, 2.75) is 57.4 Å². The van der Waals surface area contributed by atoms with Crippen LogP contribution in [0.25, 0.3) is 0 Å². The lowest BCUT2D eigenvalue weighted by Crippen LogP contribution is -2.19. The number of hydrogen-bond donors (Lipinski definition) is 2. The minimum Gasteiger partial charge on any atom is -0.465 e. The summed E-state index contributed by atoms with van der Waals surface area (Å²) in [7, 11) is 0. The molecule has 0 atom stereocenters. The molecule has 5 heteroatoms. The van der Waals surface area contributed by atoms with E-state index in [1.165, 1.54) is 49.6 Å². The Morgan fingerprint density at radius 2 is 1.83 bits per heavy atom. The van der Waals surface area contributed by atoms with Crippen LogP contribution >= 0.6 is 11.9 Å². The van der Waals surface area contributed by atoms with E-state index in [9.17, 15) is 4.79 Å². The molecule has 1 aromatic carbocycles. The van der Waals surface area contributed by atoms with Crippen LogP contribution in [-0.2, 0) is 16.1 Å². The standard InChI is InChI=1S/C18H30N2O2S/c1-3-5-6-7-8-13-19-14-16-9-11-17(12-10-16)23-20-15-18(21)22-4-2/h9-12,19-20H,3-8,13-15H2,1-2H3. The highest BCUT2D eigenvalue weighted by molar-refractivity contribution is 7.97. The van der Waals surface area contributed by atoms with Crippen LogP contribution in [0.4, 0.5) is 0 Å². The van der Waals surface area contributed by atoms with E-state index >= 15 is 0 Å². The molecule has 130 valence electrons. The Morgan fingerprint density at radius 1 is 1.09 bits per heavy atom. The zero-order chi connectivity index (χ0) is 16.8. The van der Waals surface area contributed by atoms with E-state index in [1.807, 2.05) is 6.92 Å². The highest BCUT2D eigenvalue weighted by atomic mass is 32.2. The van der Waals surface area contributed by atoms with Gasteiger partial charge in [-0.05, 0) is 49.5 Å². The van der Waals surface area contributed by atoms with Gasteiger partial charge in [-0.15, -0.1) is 0 Å². The zero-order valence-electron chi connectivity index (χ0n) is 14.4. The lowest BCUT2D eigenvalue weighted by atomic mass is 10.1. The van der Waals surface area contributed by atoms with Crippen LogP contribution < -0.4 is 10.0 Å². The third-order valence-corrected chi connectivity index (χ3v) is 4.22. The van der Waals surface area contributed by atoms with Crippen LogP contribution in [-0.4, -0.2) is 25.7 Å². The second-order valence-corrected chi connectivity index (χ2v) is 6.43. The van der Waals surface area contributed by atoms with Gasteiger partial charge in [0.25, 0.3) is 0 Å². The third-order valence-electron chi connectivity index (χ3n) is 3.42. The highest BCUT2D eigenvalue weighted by Gasteiger charge is 2.01. The van der Waals surface area contributed by atoms with Crippen molar-refractivity contribution >= 4 is 17.9 Å². The Morgan fingerprint density at radius 3 is 2.52 bits per heavy atom. The topological polar surface area (TPSA) is 50.4 Å². The SMILES string of the molecule is CCCCCCCNCc1ccc(SNCC(=O)OCC)cc1. The highest BCUT2D eigenvalue weighted by Crippen LogP contribution is 2.15. The van der Waals surface area contributed by atoms with E-state index in [2.05, 4.69) is 41.2 Å². The van der Waals surface area contributed by atoms with Crippen LogP contribution in [0, 0.1) is 0 Å².